The van der Waals surface area contributed by atoms with Gasteiger partial charge < -0.3 is 4.74 Å². The fraction of sp³-hybridized carbons (Fsp3) is 1.00. The van der Waals surface area contributed by atoms with Crippen molar-refractivity contribution in [3.05, 3.63) is 0 Å². The maximum Gasteiger partial charge on any atom is 0.402 e. The molecular weight excluding hydrogens is 446 g/mol. The lowest BCUT2D eigenvalue weighted by atomic mass is 9.92. The number of hydrogen-bond donors (Lipinski definition) is 0. The Balaban J connectivity index is -0.0000000299. The van der Waals surface area contributed by atoms with E-state index in [4.69, 9.17) is 0 Å². The fourth-order valence-corrected chi connectivity index (χ4v) is 0.161. The molecule has 0 saturated carbocycles. The van der Waals surface area contributed by atoms with Crippen LogP contribution in [0, 0.1) is 10.8 Å². The summed E-state index contributed by atoms with van der Waals surface area (Å²) in [6.07, 6.45) is -6.92. The van der Waals surface area contributed by atoms with Crippen LogP contribution in [0.1, 0.15) is 91.5 Å². The van der Waals surface area contributed by atoms with Gasteiger partial charge in [-0.15, -0.1) is 0 Å². The number of halogens is 6. The van der Waals surface area contributed by atoms with E-state index in [-0.39, 0.29) is 43.6 Å². The highest BCUT2D eigenvalue weighted by molar-refractivity contribution is 7.89. The van der Waals surface area contributed by atoms with E-state index in [0.717, 1.165) is 12.5 Å². The number of alkyl halides is 6. The van der Waals surface area contributed by atoms with Gasteiger partial charge in [0, 0.05) is 26.7 Å². The Kier molecular flexibility index (Phi) is 44.7. The van der Waals surface area contributed by atoms with Gasteiger partial charge >= 0.3 is 12.4 Å². The average molecular weight is 501 g/mol. The normalized spacial score (nSPS) is 10.4. The van der Waals surface area contributed by atoms with Crippen LogP contribution in [0.25, 0.3) is 0 Å². The number of sulfone groups is 1. The van der Waals surface area contributed by atoms with Gasteiger partial charge in [-0.1, -0.05) is 77.7 Å². The number of hydrogen-bond acceptors (Lipinski definition) is 3. The van der Waals surface area contributed by atoms with E-state index in [2.05, 4.69) is 46.3 Å². The van der Waals surface area contributed by atoms with E-state index in [1.54, 1.807) is 14.2 Å². The Bertz CT molecular complexity index is 390. The van der Waals surface area contributed by atoms with E-state index in [1.807, 2.05) is 0 Å². The lowest BCUT2D eigenvalue weighted by Crippen LogP contribution is -2.44. The third-order valence-corrected chi connectivity index (χ3v) is 1.42. The first-order valence-electron chi connectivity index (χ1n) is 8.01. The van der Waals surface area contributed by atoms with Gasteiger partial charge in [0.1, 0.15) is 9.84 Å². The minimum absolute atomic E-state index is 0. The quantitative estimate of drug-likeness (QED) is 0.312. The minimum atomic E-state index is -5.24. The highest BCUT2D eigenvalue weighted by atomic mass is 32.2. The van der Waals surface area contributed by atoms with Crippen molar-refractivity contribution in [2.45, 2.75) is 104 Å². The summed E-state index contributed by atoms with van der Waals surface area (Å²) in [6, 6.07) is 0. The molecular formula is C21H54F6O3S. The Morgan fingerprint density at radius 3 is 0.710 bits per heavy atom. The van der Waals surface area contributed by atoms with Crippen molar-refractivity contribution in [1.29, 1.82) is 0 Å². The van der Waals surface area contributed by atoms with Crippen LogP contribution in [-0.4, -0.2) is 47.5 Å². The second kappa shape index (κ2) is 24.1. The summed E-state index contributed by atoms with van der Waals surface area (Å²) in [5.41, 5.74) is -3.12. The van der Waals surface area contributed by atoms with Gasteiger partial charge in [-0.25, -0.2) is 8.42 Å². The molecule has 0 aliphatic rings. The van der Waals surface area contributed by atoms with Crippen molar-refractivity contribution < 1.29 is 39.5 Å². The molecule has 0 atom stereocenters. The van der Waals surface area contributed by atoms with E-state index >= 15 is 0 Å². The summed E-state index contributed by atoms with van der Waals surface area (Å²) in [5, 5.41) is 0. The number of rotatable bonds is 0. The largest absolute Gasteiger partial charge is 0.402 e. The monoisotopic (exact) mass is 500 g/mol. The van der Waals surface area contributed by atoms with Crippen LogP contribution < -0.4 is 0 Å². The second-order valence-corrected chi connectivity index (χ2v) is 10.2. The van der Waals surface area contributed by atoms with Crippen molar-refractivity contribution >= 4 is 9.84 Å². The molecule has 0 spiro atoms. The maximum atomic E-state index is 11.6. The molecule has 0 heterocycles. The molecule has 0 aromatic rings. The van der Waals surface area contributed by atoms with Crippen LogP contribution in [0.3, 0.4) is 0 Å². The van der Waals surface area contributed by atoms with Crippen LogP contribution >= 0.6 is 0 Å². The first-order valence-corrected chi connectivity index (χ1v) is 10.3. The standard InChI is InChI=1S/C5H6F6.C5H12.C3H8.C2H6O2S.C2H6O.4CH4/c1-3(2,4(6,7)8)5(9,10)11;1-5(2,3)4;1-3-2;1-5(2,3)4;1-3-2;;;;/h1-2H3;1-4H3;3H2,1-2H3;1-2H3;1-2H3;4*1H4. The highest BCUT2D eigenvalue weighted by Crippen LogP contribution is 2.49. The van der Waals surface area contributed by atoms with Gasteiger partial charge in [0.05, 0.1) is 0 Å². The van der Waals surface area contributed by atoms with Crippen LogP contribution in [-0.2, 0) is 14.6 Å². The molecule has 3 nitrogen and oxygen atoms in total. The average Bonchev–Trinajstić information content (AvgIpc) is 2.22. The second-order valence-electron chi connectivity index (χ2n) is 7.88. The first kappa shape index (κ1) is 57.4. The lowest BCUT2D eigenvalue weighted by Gasteiger charge is -2.29. The minimum Gasteiger partial charge on any atom is -0.388 e. The lowest BCUT2D eigenvalue weighted by molar-refractivity contribution is -0.327. The fourth-order valence-electron chi connectivity index (χ4n) is 0.161. The summed E-state index contributed by atoms with van der Waals surface area (Å²) in [4.78, 5) is 0. The molecule has 31 heavy (non-hydrogen) atoms. The zero-order valence-electron chi connectivity index (χ0n) is 18.6. The Morgan fingerprint density at radius 1 is 0.645 bits per heavy atom. The summed E-state index contributed by atoms with van der Waals surface area (Å²) in [5.74, 6) is 0. The molecule has 0 amide bonds. The van der Waals surface area contributed by atoms with E-state index in [0.29, 0.717) is 5.41 Å². The summed E-state index contributed by atoms with van der Waals surface area (Å²) < 4.78 is 93.2. The molecule has 0 saturated heterocycles. The van der Waals surface area contributed by atoms with Crippen LogP contribution in [0.15, 0.2) is 0 Å². The smallest absolute Gasteiger partial charge is 0.388 e. The van der Waals surface area contributed by atoms with E-state index in [9.17, 15) is 34.8 Å². The van der Waals surface area contributed by atoms with Gasteiger partial charge in [0.2, 0.25) is 0 Å². The molecule has 0 aromatic heterocycles. The summed E-state index contributed by atoms with van der Waals surface area (Å²) in [7, 11) is 0.583. The third-order valence-electron chi connectivity index (χ3n) is 1.42. The van der Waals surface area contributed by atoms with Crippen molar-refractivity contribution in [1.82, 2.24) is 0 Å². The molecule has 0 aliphatic carbocycles. The van der Waals surface area contributed by atoms with Crippen LogP contribution in [0.5, 0.6) is 0 Å². The molecule has 0 N–H and O–H groups in total. The topological polar surface area (TPSA) is 43.4 Å². The molecule has 0 bridgehead atoms. The molecule has 0 radical (unpaired) electrons. The highest BCUT2D eigenvalue weighted by Gasteiger charge is 2.64. The zero-order chi connectivity index (χ0) is 23.9. The van der Waals surface area contributed by atoms with Crippen LogP contribution in [0.2, 0.25) is 0 Å². The first-order chi connectivity index (χ1) is 11.3. The predicted molar refractivity (Wildman–Crippen MR) is 128 cm³/mol. The predicted octanol–water partition coefficient (Wildman–Crippen LogP) is 9.07. The van der Waals surface area contributed by atoms with Crippen molar-refractivity contribution in [3.63, 3.8) is 0 Å². The summed E-state index contributed by atoms with van der Waals surface area (Å²) >= 11 is 0. The Labute approximate surface area is 191 Å². The molecule has 0 aliphatic heterocycles. The number of methoxy groups -OCH3 is 1. The zero-order valence-corrected chi connectivity index (χ0v) is 19.4. The van der Waals surface area contributed by atoms with E-state index in [1.165, 1.54) is 6.42 Å². The Morgan fingerprint density at radius 2 is 0.710 bits per heavy atom. The van der Waals surface area contributed by atoms with Gasteiger partial charge in [0.15, 0.2) is 5.41 Å². The van der Waals surface area contributed by atoms with Crippen molar-refractivity contribution in [3.8, 4) is 0 Å². The molecule has 0 aromatic carbocycles. The maximum absolute atomic E-state index is 11.6. The van der Waals surface area contributed by atoms with Gasteiger partial charge in [-0.3, -0.25) is 0 Å². The number of ether oxygens (including phenoxy) is 1. The van der Waals surface area contributed by atoms with Crippen molar-refractivity contribution in [2.75, 3.05) is 26.7 Å². The molecule has 10 heteroatoms. The van der Waals surface area contributed by atoms with Crippen molar-refractivity contribution in [2.24, 2.45) is 10.8 Å². The SMILES string of the molecule is C.C.C.C.CC(C)(C(F)(F)F)C(F)(F)F.CC(C)(C)C.CCC.COC.CS(C)(=O)=O. The van der Waals surface area contributed by atoms with Gasteiger partial charge in [-0.2, -0.15) is 26.3 Å². The van der Waals surface area contributed by atoms with E-state index < -0.39 is 27.6 Å². The molecule has 0 fully saturated rings. The van der Waals surface area contributed by atoms with Gasteiger partial charge in [0.25, 0.3) is 0 Å². The third kappa shape index (κ3) is 72.9. The summed E-state index contributed by atoms with van der Waals surface area (Å²) in [6.45, 7) is 13.2. The Hall–Kier alpha value is -0.510. The molecule has 0 rings (SSSR count). The molecule has 0 unspecified atom stereocenters. The van der Waals surface area contributed by atoms with Gasteiger partial charge in [-0.05, 0) is 19.3 Å². The molecule has 204 valence electrons. The van der Waals surface area contributed by atoms with Crippen LogP contribution in [0.4, 0.5) is 26.3 Å².